The van der Waals surface area contributed by atoms with Crippen molar-refractivity contribution in [1.29, 1.82) is 5.26 Å². The smallest absolute Gasteiger partial charge is 0.339 e. The molecular formula is C14H14BrNO2. The standard InChI is InChI=1S/C14H14BrNO2/c1-10-3-2-8-14(10,9-16)18-13(17)11-4-6-12(15)7-5-11/h4-7,10H,2-3,8H2,1H3/t10-,14-/m1/s1. The van der Waals surface area contributed by atoms with Gasteiger partial charge in [0.1, 0.15) is 6.07 Å². The zero-order valence-electron chi connectivity index (χ0n) is 10.1. The van der Waals surface area contributed by atoms with Gasteiger partial charge < -0.3 is 4.74 Å². The molecule has 0 aliphatic heterocycles. The Bertz CT molecular complexity index is 492. The van der Waals surface area contributed by atoms with Gasteiger partial charge in [0.15, 0.2) is 5.60 Å². The van der Waals surface area contributed by atoms with Gasteiger partial charge in [0.05, 0.1) is 5.56 Å². The lowest BCUT2D eigenvalue weighted by Crippen LogP contribution is -2.36. The van der Waals surface area contributed by atoms with Crippen molar-refractivity contribution in [2.24, 2.45) is 5.92 Å². The average molecular weight is 308 g/mol. The Balaban J connectivity index is 2.16. The van der Waals surface area contributed by atoms with E-state index >= 15 is 0 Å². The van der Waals surface area contributed by atoms with Gasteiger partial charge >= 0.3 is 5.97 Å². The number of benzene rings is 1. The van der Waals surface area contributed by atoms with Crippen LogP contribution in [0.1, 0.15) is 36.5 Å². The molecule has 0 unspecified atom stereocenters. The number of hydrogen-bond acceptors (Lipinski definition) is 3. The van der Waals surface area contributed by atoms with E-state index in [-0.39, 0.29) is 5.92 Å². The normalized spacial score (nSPS) is 26.6. The number of nitrogens with zero attached hydrogens (tertiary/aromatic N) is 1. The summed E-state index contributed by atoms with van der Waals surface area (Å²) in [4.78, 5) is 12.0. The molecule has 3 nitrogen and oxygen atoms in total. The second-order valence-corrected chi connectivity index (χ2v) is 5.61. The lowest BCUT2D eigenvalue weighted by Gasteiger charge is -2.25. The summed E-state index contributed by atoms with van der Waals surface area (Å²) in [5.41, 5.74) is -0.462. The lowest BCUT2D eigenvalue weighted by molar-refractivity contribution is -0.00562. The van der Waals surface area contributed by atoms with E-state index in [1.165, 1.54) is 0 Å². The van der Waals surface area contributed by atoms with Crippen LogP contribution in [0.5, 0.6) is 0 Å². The zero-order chi connectivity index (χ0) is 13.2. The van der Waals surface area contributed by atoms with Gasteiger partial charge in [-0.25, -0.2) is 4.79 Å². The number of hydrogen-bond donors (Lipinski definition) is 0. The van der Waals surface area contributed by atoms with Crippen LogP contribution in [0.4, 0.5) is 0 Å². The molecule has 0 spiro atoms. The molecule has 0 aromatic heterocycles. The molecule has 2 atom stereocenters. The molecule has 0 radical (unpaired) electrons. The molecular weight excluding hydrogens is 294 g/mol. The highest BCUT2D eigenvalue weighted by molar-refractivity contribution is 9.10. The van der Waals surface area contributed by atoms with Gasteiger partial charge in [-0.15, -0.1) is 0 Å². The Kier molecular flexibility index (Phi) is 3.72. The molecule has 1 aromatic carbocycles. The van der Waals surface area contributed by atoms with E-state index < -0.39 is 11.6 Å². The van der Waals surface area contributed by atoms with Crippen LogP contribution < -0.4 is 0 Å². The SMILES string of the molecule is C[C@@H]1CCC[C@]1(C#N)OC(=O)c1ccc(Br)cc1. The summed E-state index contributed by atoms with van der Waals surface area (Å²) in [5, 5.41) is 9.29. The van der Waals surface area contributed by atoms with Gasteiger partial charge in [0.25, 0.3) is 0 Å². The van der Waals surface area contributed by atoms with E-state index in [2.05, 4.69) is 22.0 Å². The average Bonchev–Trinajstić information content (AvgIpc) is 2.72. The summed E-state index contributed by atoms with van der Waals surface area (Å²) in [6.45, 7) is 1.96. The lowest BCUT2D eigenvalue weighted by atomic mass is 9.94. The van der Waals surface area contributed by atoms with Gasteiger partial charge in [0.2, 0.25) is 0 Å². The van der Waals surface area contributed by atoms with Crippen molar-refractivity contribution >= 4 is 21.9 Å². The van der Waals surface area contributed by atoms with Crippen molar-refractivity contribution in [3.63, 3.8) is 0 Å². The summed E-state index contributed by atoms with van der Waals surface area (Å²) in [6, 6.07) is 9.14. The fourth-order valence-electron chi connectivity index (χ4n) is 2.30. The van der Waals surface area contributed by atoms with E-state index in [9.17, 15) is 10.1 Å². The first-order chi connectivity index (χ1) is 8.57. The number of carbonyl (C=O) groups excluding carboxylic acids is 1. The molecule has 18 heavy (non-hydrogen) atoms. The van der Waals surface area contributed by atoms with Crippen molar-refractivity contribution in [2.45, 2.75) is 31.8 Å². The predicted octanol–water partition coefficient (Wildman–Crippen LogP) is 3.69. The third-order valence-electron chi connectivity index (χ3n) is 3.53. The second kappa shape index (κ2) is 5.11. The van der Waals surface area contributed by atoms with Gasteiger partial charge in [0, 0.05) is 16.8 Å². The highest BCUT2D eigenvalue weighted by atomic mass is 79.9. The summed E-state index contributed by atoms with van der Waals surface area (Å²) in [6.07, 6.45) is 2.50. The van der Waals surface area contributed by atoms with Crippen molar-refractivity contribution in [2.75, 3.05) is 0 Å². The van der Waals surface area contributed by atoms with E-state index in [4.69, 9.17) is 4.74 Å². The first-order valence-electron chi connectivity index (χ1n) is 5.97. The highest BCUT2D eigenvalue weighted by Crippen LogP contribution is 2.38. The number of esters is 1. The largest absolute Gasteiger partial charge is 0.440 e. The molecule has 0 heterocycles. The Morgan fingerprint density at radius 3 is 2.67 bits per heavy atom. The van der Waals surface area contributed by atoms with Crippen LogP contribution >= 0.6 is 15.9 Å². The third-order valence-corrected chi connectivity index (χ3v) is 4.05. The number of halogens is 1. The molecule has 0 saturated heterocycles. The van der Waals surface area contributed by atoms with Crippen molar-refractivity contribution in [3.8, 4) is 6.07 Å². The Hall–Kier alpha value is -1.34. The molecule has 0 amide bonds. The molecule has 0 N–H and O–H groups in total. The van der Waals surface area contributed by atoms with Crippen LogP contribution in [0.15, 0.2) is 28.7 Å². The Labute approximate surface area is 115 Å². The van der Waals surface area contributed by atoms with Gasteiger partial charge in [-0.1, -0.05) is 22.9 Å². The van der Waals surface area contributed by atoms with E-state index in [0.29, 0.717) is 12.0 Å². The van der Waals surface area contributed by atoms with Gasteiger partial charge in [-0.2, -0.15) is 5.26 Å². The summed E-state index contributed by atoms with van der Waals surface area (Å²) < 4.78 is 6.38. The highest BCUT2D eigenvalue weighted by Gasteiger charge is 2.44. The minimum absolute atomic E-state index is 0.0990. The van der Waals surface area contributed by atoms with Gasteiger partial charge in [-0.3, -0.25) is 0 Å². The topological polar surface area (TPSA) is 50.1 Å². The number of carbonyl (C=O) groups is 1. The Morgan fingerprint density at radius 2 is 2.17 bits per heavy atom. The maximum Gasteiger partial charge on any atom is 0.339 e. The summed E-state index contributed by atoms with van der Waals surface area (Å²) >= 11 is 3.31. The summed E-state index contributed by atoms with van der Waals surface area (Å²) in [5.74, 6) is -0.320. The van der Waals surface area contributed by atoms with E-state index in [0.717, 1.165) is 17.3 Å². The fraction of sp³-hybridized carbons (Fsp3) is 0.429. The molecule has 2 rings (SSSR count). The quantitative estimate of drug-likeness (QED) is 0.783. The van der Waals surface area contributed by atoms with Crippen molar-refractivity contribution in [3.05, 3.63) is 34.3 Å². The maximum absolute atomic E-state index is 12.0. The molecule has 1 saturated carbocycles. The molecule has 1 fully saturated rings. The molecule has 94 valence electrons. The monoisotopic (exact) mass is 307 g/mol. The third kappa shape index (κ3) is 2.41. The minimum atomic E-state index is -0.940. The van der Waals surface area contributed by atoms with Crippen LogP contribution in [0.25, 0.3) is 0 Å². The van der Waals surface area contributed by atoms with Crippen LogP contribution in [-0.4, -0.2) is 11.6 Å². The number of rotatable bonds is 2. The van der Waals surface area contributed by atoms with Crippen LogP contribution in [0, 0.1) is 17.2 Å². The number of ether oxygens (including phenoxy) is 1. The molecule has 1 aromatic rings. The minimum Gasteiger partial charge on any atom is -0.440 e. The van der Waals surface area contributed by atoms with Crippen molar-refractivity contribution < 1.29 is 9.53 Å². The second-order valence-electron chi connectivity index (χ2n) is 4.69. The van der Waals surface area contributed by atoms with Crippen molar-refractivity contribution in [1.82, 2.24) is 0 Å². The first-order valence-corrected chi connectivity index (χ1v) is 6.77. The number of nitriles is 1. The predicted molar refractivity (Wildman–Crippen MR) is 70.9 cm³/mol. The Morgan fingerprint density at radius 1 is 1.50 bits per heavy atom. The van der Waals surface area contributed by atoms with Crippen LogP contribution in [-0.2, 0) is 4.74 Å². The zero-order valence-corrected chi connectivity index (χ0v) is 11.7. The maximum atomic E-state index is 12.0. The van der Waals surface area contributed by atoms with Crippen LogP contribution in [0.3, 0.4) is 0 Å². The molecule has 4 heteroatoms. The molecule has 0 bridgehead atoms. The summed E-state index contributed by atoms with van der Waals surface area (Å²) in [7, 11) is 0. The van der Waals surface area contributed by atoms with Crippen LogP contribution in [0.2, 0.25) is 0 Å². The van der Waals surface area contributed by atoms with E-state index in [1.54, 1.807) is 24.3 Å². The molecule has 1 aliphatic carbocycles. The van der Waals surface area contributed by atoms with E-state index in [1.807, 2.05) is 6.92 Å². The van der Waals surface area contributed by atoms with Gasteiger partial charge in [-0.05, 0) is 37.1 Å². The first kappa shape index (κ1) is 13.1. The molecule has 1 aliphatic rings. The fourth-order valence-corrected chi connectivity index (χ4v) is 2.57.